The van der Waals surface area contributed by atoms with Crippen LogP contribution in [0.2, 0.25) is 5.02 Å². The Morgan fingerprint density at radius 2 is 1.53 bits per heavy atom. The summed E-state index contributed by atoms with van der Waals surface area (Å²) < 4.78 is 0. The Labute approximate surface area is 95.0 Å². The van der Waals surface area contributed by atoms with Gasteiger partial charge in [-0.15, -0.1) is 0 Å². The maximum Gasteiger partial charge on any atom is 0.0618 e. The number of rotatable bonds is 0. The highest BCUT2D eigenvalue weighted by Gasteiger charge is 1.87. The summed E-state index contributed by atoms with van der Waals surface area (Å²) in [4.78, 5) is 7.66. The van der Waals surface area contributed by atoms with Gasteiger partial charge in [0.2, 0.25) is 0 Å². The molecule has 0 saturated heterocycles. The van der Waals surface area contributed by atoms with Gasteiger partial charge in [-0.25, -0.2) is 0 Å². The predicted molar refractivity (Wildman–Crippen MR) is 63.0 cm³/mol. The first kappa shape index (κ1) is 11.7. The molecule has 0 fully saturated rings. The summed E-state index contributed by atoms with van der Waals surface area (Å²) in [6.45, 7) is 3.99. The van der Waals surface area contributed by atoms with E-state index in [1.54, 1.807) is 24.8 Å². The first-order valence-electron chi connectivity index (χ1n) is 4.63. The summed E-state index contributed by atoms with van der Waals surface area (Å²) in [5.41, 5.74) is 2.33. The Morgan fingerprint density at radius 1 is 0.933 bits per heavy atom. The molecule has 15 heavy (non-hydrogen) atoms. The number of aromatic nitrogens is 2. The number of hydrogen-bond donors (Lipinski definition) is 0. The highest BCUT2D eigenvalue weighted by molar-refractivity contribution is 6.31. The summed E-state index contributed by atoms with van der Waals surface area (Å²) in [5, 5.41) is 0.729. The first-order valence-corrected chi connectivity index (χ1v) is 5.00. The second kappa shape index (κ2) is 6.14. The SMILES string of the molecule is Cc1ccncc1.Cc1ccncc1Cl. The average Bonchev–Trinajstić information content (AvgIpc) is 2.25. The van der Waals surface area contributed by atoms with Crippen molar-refractivity contribution in [1.82, 2.24) is 9.97 Å². The molecule has 0 aliphatic heterocycles. The lowest BCUT2D eigenvalue weighted by molar-refractivity contribution is 1.29. The second-order valence-corrected chi connectivity index (χ2v) is 3.56. The minimum atomic E-state index is 0.729. The van der Waals surface area contributed by atoms with Gasteiger partial charge in [0.1, 0.15) is 0 Å². The van der Waals surface area contributed by atoms with E-state index in [1.165, 1.54) is 5.56 Å². The average molecular weight is 221 g/mol. The lowest BCUT2D eigenvalue weighted by Gasteiger charge is -1.90. The molecule has 0 aromatic carbocycles. The van der Waals surface area contributed by atoms with Gasteiger partial charge in [-0.1, -0.05) is 11.6 Å². The van der Waals surface area contributed by atoms with Crippen LogP contribution in [0.1, 0.15) is 11.1 Å². The number of nitrogens with zero attached hydrogens (tertiary/aromatic N) is 2. The van der Waals surface area contributed by atoms with Crippen LogP contribution in [0.15, 0.2) is 43.0 Å². The zero-order valence-corrected chi connectivity index (χ0v) is 9.57. The molecule has 0 aliphatic rings. The normalized spacial score (nSPS) is 9.00. The number of hydrogen-bond acceptors (Lipinski definition) is 2. The van der Waals surface area contributed by atoms with E-state index in [0.717, 1.165) is 10.6 Å². The smallest absolute Gasteiger partial charge is 0.0618 e. The van der Waals surface area contributed by atoms with Crippen LogP contribution in [-0.4, -0.2) is 9.97 Å². The quantitative estimate of drug-likeness (QED) is 0.680. The van der Waals surface area contributed by atoms with Crippen molar-refractivity contribution in [3.8, 4) is 0 Å². The molecule has 78 valence electrons. The van der Waals surface area contributed by atoms with Crippen LogP contribution >= 0.6 is 11.6 Å². The fraction of sp³-hybridized carbons (Fsp3) is 0.167. The maximum atomic E-state index is 5.65. The molecule has 3 heteroatoms. The lowest BCUT2D eigenvalue weighted by Crippen LogP contribution is -1.73. The third kappa shape index (κ3) is 4.56. The highest BCUT2D eigenvalue weighted by atomic mass is 35.5. The molecule has 0 radical (unpaired) electrons. The van der Waals surface area contributed by atoms with Crippen molar-refractivity contribution in [3.63, 3.8) is 0 Å². The molecular weight excluding hydrogens is 208 g/mol. The van der Waals surface area contributed by atoms with Crippen LogP contribution in [0.3, 0.4) is 0 Å². The van der Waals surface area contributed by atoms with Gasteiger partial charge in [0, 0.05) is 24.8 Å². The number of halogens is 1. The van der Waals surface area contributed by atoms with E-state index in [9.17, 15) is 0 Å². The molecule has 0 unspecified atom stereocenters. The van der Waals surface area contributed by atoms with Gasteiger partial charge < -0.3 is 0 Å². The van der Waals surface area contributed by atoms with Gasteiger partial charge in [-0.2, -0.15) is 0 Å². The molecule has 2 aromatic heterocycles. The first-order chi connectivity index (χ1) is 7.20. The van der Waals surface area contributed by atoms with E-state index in [4.69, 9.17) is 11.6 Å². The molecule has 0 bridgehead atoms. The third-order valence-corrected chi connectivity index (χ3v) is 2.22. The summed E-state index contributed by atoms with van der Waals surface area (Å²) in [6, 6.07) is 5.82. The van der Waals surface area contributed by atoms with Crippen molar-refractivity contribution in [2.75, 3.05) is 0 Å². The van der Waals surface area contributed by atoms with E-state index < -0.39 is 0 Å². The Kier molecular flexibility index (Phi) is 4.78. The molecule has 2 nitrogen and oxygen atoms in total. The Hall–Kier alpha value is -1.41. The van der Waals surface area contributed by atoms with E-state index >= 15 is 0 Å². The van der Waals surface area contributed by atoms with Crippen LogP contribution in [0.4, 0.5) is 0 Å². The standard InChI is InChI=1S/C6H6ClN.C6H7N/c1-5-2-3-8-4-6(5)7;1-6-2-4-7-5-3-6/h2-4H,1H3;2-5H,1H3. The van der Waals surface area contributed by atoms with E-state index in [1.807, 2.05) is 32.0 Å². The van der Waals surface area contributed by atoms with Gasteiger partial charge in [-0.3, -0.25) is 9.97 Å². The van der Waals surface area contributed by atoms with E-state index in [0.29, 0.717) is 0 Å². The largest absolute Gasteiger partial charge is 0.265 e. The summed E-state index contributed by atoms with van der Waals surface area (Å²) in [6.07, 6.45) is 6.93. The molecule has 2 heterocycles. The molecule has 0 atom stereocenters. The van der Waals surface area contributed by atoms with Crippen LogP contribution in [0.5, 0.6) is 0 Å². The molecule has 2 aromatic rings. The van der Waals surface area contributed by atoms with E-state index in [2.05, 4.69) is 9.97 Å². The monoisotopic (exact) mass is 220 g/mol. The fourth-order valence-electron chi connectivity index (χ4n) is 0.871. The van der Waals surface area contributed by atoms with Crippen LogP contribution in [0, 0.1) is 13.8 Å². The molecule has 0 spiro atoms. The number of aryl methyl sites for hydroxylation is 2. The van der Waals surface area contributed by atoms with Gasteiger partial charge in [0.05, 0.1) is 5.02 Å². The summed E-state index contributed by atoms with van der Waals surface area (Å²) in [7, 11) is 0. The maximum absolute atomic E-state index is 5.65. The minimum Gasteiger partial charge on any atom is -0.265 e. The van der Waals surface area contributed by atoms with Crippen molar-refractivity contribution in [2.45, 2.75) is 13.8 Å². The van der Waals surface area contributed by atoms with Crippen molar-refractivity contribution >= 4 is 11.6 Å². The van der Waals surface area contributed by atoms with Gasteiger partial charge in [0.15, 0.2) is 0 Å². The molecule has 0 N–H and O–H groups in total. The van der Waals surface area contributed by atoms with Gasteiger partial charge >= 0.3 is 0 Å². The summed E-state index contributed by atoms with van der Waals surface area (Å²) >= 11 is 5.65. The summed E-state index contributed by atoms with van der Waals surface area (Å²) in [5.74, 6) is 0. The predicted octanol–water partition coefficient (Wildman–Crippen LogP) is 3.43. The van der Waals surface area contributed by atoms with Crippen molar-refractivity contribution in [2.24, 2.45) is 0 Å². The lowest BCUT2D eigenvalue weighted by atomic mass is 10.3. The van der Waals surface area contributed by atoms with Gasteiger partial charge in [0.25, 0.3) is 0 Å². The zero-order chi connectivity index (χ0) is 11.1. The minimum absolute atomic E-state index is 0.729. The van der Waals surface area contributed by atoms with Crippen molar-refractivity contribution in [1.29, 1.82) is 0 Å². The molecular formula is C12H13ClN2. The molecule has 0 saturated carbocycles. The van der Waals surface area contributed by atoms with Crippen LogP contribution in [0.25, 0.3) is 0 Å². The zero-order valence-electron chi connectivity index (χ0n) is 8.81. The Morgan fingerprint density at radius 3 is 1.87 bits per heavy atom. The third-order valence-electron chi connectivity index (χ3n) is 1.82. The topological polar surface area (TPSA) is 25.8 Å². The van der Waals surface area contributed by atoms with E-state index in [-0.39, 0.29) is 0 Å². The van der Waals surface area contributed by atoms with Crippen LogP contribution in [-0.2, 0) is 0 Å². The van der Waals surface area contributed by atoms with Crippen molar-refractivity contribution in [3.05, 3.63) is 59.1 Å². The van der Waals surface area contributed by atoms with Crippen LogP contribution < -0.4 is 0 Å². The fourth-order valence-corrected chi connectivity index (χ4v) is 0.991. The Balaban J connectivity index is 0.000000151. The van der Waals surface area contributed by atoms with Crippen molar-refractivity contribution < 1.29 is 0 Å². The van der Waals surface area contributed by atoms with Gasteiger partial charge in [-0.05, 0) is 43.2 Å². The molecule has 2 rings (SSSR count). The molecule has 0 amide bonds. The Bertz CT molecular complexity index is 380. The molecule has 0 aliphatic carbocycles. The highest BCUT2D eigenvalue weighted by Crippen LogP contribution is 2.10. The number of pyridine rings is 2. The second-order valence-electron chi connectivity index (χ2n) is 3.15.